The van der Waals surface area contributed by atoms with Crippen molar-refractivity contribution in [1.29, 1.82) is 0 Å². The first-order chi connectivity index (χ1) is 9.58. The Balaban J connectivity index is 3.10. The van der Waals surface area contributed by atoms with Gasteiger partial charge in [-0.1, -0.05) is 52.8 Å². The van der Waals surface area contributed by atoms with Crippen LogP contribution in [0.2, 0.25) is 0 Å². The van der Waals surface area contributed by atoms with Gasteiger partial charge in [0, 0.05) is 6.54 Å². The van der Waals surface area contributed by atoms with Crippen molar-refractivity contribution in [3.05, 3.63) is 16.8 Å². The van der Waals surface area contributed by atoms with Gasteiger partial charge in [-0.2, -0.15) is 5.10 Å². The summed E-state index contributed by atoms with van der Waals surface area (Å²) in [4.78, 5) is 0.401. The molecule has 0 saturated heterocycles. The third-order valence-corrected chi connectivity index (χ3v) is 4.01. The Morgan fingerprint density at radius 1 is 1.15 bits per heavy atom. The molecule has 0 fully saturated rings. The van der Waals surface area contributed by atoms with E-state index in [4.69, 9.17) is 18.0 Å². The van der Waals surface area contributed by atoms with Crippen LogP contribution in [0.15, 0.2) is 0 Å². The van der Waals surface area contributed by atoms with Gasteiger partial charge in [-0.3, -0.25) is 0 Å². The number of nitrogens with zero attached hydrogens (tertiary/aromatic N) is 2. The third-order valence-electron chi connectivity index (χ3n) is 3.81. The van der Waals surface area contributed by atoms with E-state index in [-0.39, 0.29) is 0 Å². The molecule has 0 amide bonds. The molecular weight excluding hydrogens is 268 g/mol. The predicted molar refractivity (Wildman–Crippen MR) is 89.2 cm³/mol. The molecule has 0 aliphatic rings. The van der Waals surface area contributed by atoms with Gasteiger partial charge < -0.3 is 11.1 Å². The Kier molecular flexibility index (Phi) is 6.85. The Labute approximate surface area is 127 Å². The van der Waals surface area contributed by atoms with E-state index in [0.717, 1.165) is 54.9 Å². The molecule has 0 radical (unpaired) electrons. The van der Waals surface area contributed by atoms with Crippen molar-refractivity contribution < 1.29 is 0 Å². The number of hydrogen-bond acceptors (Lipinski definition) is 4. The highest BCUT2D eigenvalue weighted by molar-refractivity contribution is 7.80. The summed E-state index contributed by atoms with van der Waals surface area (Å²) in [7, 11) is 0. The number of thiocarbonyl (C=S) groups is 1. The van der Waals surface area contributed by atoms with Crippen molar-refractivity contribution >= 4 is 23.0 Å². The molecular formula is C15H26N4S. The molecule has 0 atom stereocenters. The summed E-state index contributed by atoms with van der Waals surface area (Å²) in [5.41, 5.74) is 8.90. The van der Waals surface area contributed by atoms with E-state index in [1.54, 1.807) is 0 Å². The van der Waals surface area contributed by atoms with Crippen molar-refractivity contribution in [3.63, 3.8) is 0 Å². The Bertz CT molecular complexity index is 455. The van der Waals surface area contributed by atoms with Gasteiger partial charge in [-0.05, 0) is 24.3 Å². The van der Waals surface area contributed by atoms with E-state index in [1.165, 1.54) is 0 Å². The molecule has 0 unspecified atom stereocenters. The molecule has 5 heteroatoms. The maximum Gasteiger partial charge on any atom is 0.159 e. The van der Waals surface area contributed by atoms with Gasteiger partial charge in [0.05, 0.1) is 11.3 Å². The zero-order valence-corrected chi connectivity index (χ0v) is 13.8. The summed E-state index contributed by atoms with van der Waals surface area (Å²) in [6, 6.07) is 0. The molecule has 0 bridgehead atoms. The molecule has 0 saturated carbocycles. The number of hydrogen-bond donors (Lipinski definition) is 2. The lowest BCUT2D eigenvalue weighted by atomic mass is 10.0. The first-order valence-electron chi connectivity index (χ1n) is 7.50. The average Bonchev–Trinajstić information content (AvgIpc) is 2.46. The summed E-state index contributed by atoms with van der Waals surface area (Å²) in [6.45, 7) is 9.46. The molecule has 1 heterocycles. The summed E-state index contributed by atoms with van der Waals surface area (Å²) < 4.78 is 0. The number of nitrogens with two attached hydrogens (primary N) is 1. The third kappa shape index (κ3) is 3.88. The van der Waals surface area contributed by atoms with E-state index in [1.807, 2.05) is 0 Å². The minimum absolute atomic E-state index is 0.401. The van der Waals surface area contributed by atoms with Crippen LogP contribution in [0.3, 0.4) is 0 Å². The standard InChI is InChI=1S/C15H26N4S/c1-5-10(6-2)9-17-15-13(14(16)20)11(7-3)12(8-4)18-19-15/h10H,5-9H2,1-4H3,(H2,16,20)(H,17,19). The van der Waals surface area contributed by atoms with E-state index < -0.39 is 0 Å². The number of nitrogens with one attached hydrogen (secondary N) is 1. The number of rotatable bonds is 8. The molecule has 0 aliphatic heterocycles. The first kappa shape index (κ1) is 16.8. The van der Waals surface area contributed by atoms with Crippen LogP contribution in [-0.4, -0.2) is 21.7 Å². The van der Waals surface area contributed by atoms with Crippen LogP contribution in [0.1, 0.15) is 57.4 Å². The quantitative estimate of drug-likeness (QED) is 0.721. The van der Waals surface area contributed by atoms with E-state index in [9.17, 15) is 0 Å². The van der Waals surface area contributed by atoms with Gasteiger partial charge in [0.1, 0.15) is 4.99 Å². The largest absolute Gasteiger partial charge is 0.389 e. The summed E-state index contributed by atoms with van der Waals surface area (Å²) >= 11 is 5.22. The predicted octanol–water partition coefficient (Wildman–Crippen LogP) is 3.08. The van der Waals surface area contributed by atoms with Crippen molar-refractivity contribution in [2.75, 3.05) is 11.9 Å². The highest BCUT2D eigenvalue weighted by Gasteiger charge is 2.17. The van der Waals surface area contributed by atoms with Gasteiger partial charge in [0.2, 0.25) is 0 Å². The second-order valence-corrected chi connectivity index (χ2v) is 5.42. The van der Waals surface area contributed by atoms with Crippen LogP contribution in [0.4, 0.5) is 5.82 Å². The smallest absolute Gasteiger partial charge is 0.159 e. The Morgan fingerprint density at radius 3 is 2.25 bits per heavy atom. The van der Waals surface area contributed by atoms with Crippen molar-refractivity contribution in [1.82, 2.24) is 10.2 Å². The fourth-order valence-corrected chi connectivity index (χ4v) is 2.60. The lowest BCUT2D eigenvalue weighted by molar-refractivity contribution is 0.518. The minimum atomic E-state index is 0.401. The zero-order chi connectivity index (χ0) is 15.1. The minimum Gasteiger partial charge on any atom is -0.389 e. The van der Waals surface area contributed by atoms with Gasteiger partial charge in [-0.25, -0.2) is 0 Å². The molecule has 1 aromatic heterocycles. The highest BCUT2D eigenvalue weighted by Crippen LogP contribution is 2.21. The normalized spacial score (nSPS) is 10.8. The van der Waals surface area contributed by atoms with Crippen LogP contribution >= 0.6 is 12.2 Å². The van der Waals surface area contributed by atoms with Gasteiger partial charge in [0.25, 0.3) is 0 Å². The molecule has 4 nitrogen and oxygen atoms in total. The highest BCUT2D eigenvalue weighted by atomic mass is 32.1. The van der Waals surface area contributed by atoms with Crippen LogP contribution in [-0.2, 0) is 12.8 Å². The SMILES string of the molecule is CCc1nnc(NCC(CC)CC)c(C(N)=S)c1CC. The number of aryl methyl sites for hydroxylation is 1. The molecule has 0 aliphatic carbocycles. The maximum absolute atomic E-state index is 5.91. The fraction of sp³-hybridized carbons (Fsp3) is 0.667. The number of aromatic nitrogens is 2. The monoisotopic (exact) mass is 294 g/mol. The first-order valence-corrected chi connectivity index (χ1v) is 7.91. The van der Waals surface area contributed by atoms with Gasteiger partial charge in [-0.15, -0.1) is 5.10 Å². The Hall–Kier alpha value is -1.23. The number of anilines is 1. The molecule has 3 N–H and O–H groups in total. The fourth-order valence-electron chi connectivity index (χ4n) is 2.38. The van der Waals surface area contributed by atoms with E-state index in [0.29, 0.717) is 10.9 Å². The topological polar surface area (TPSA) is 63.8 Å². The van der Waals surface area contributed by atoms with Crippen molar-refractivity contribution in [3.8, 4) is 0 Å². The molecule has 20 heavy (non-hydrogen) atoms. The van der Waals surface area contributed by atoms with Crippen molar-refractivity contribution in [2.45, 2.75) is 53.4 Å². The molecule has 1 rings (SSSR count). The maximum atomic E-state index is 5.91. The van der Waals surface area contributed by atoms with Crippen LogP contribution in [0.25, 0.3) is 0 Å². The molecule has 0 aromatic carbocycles. The average molecular weight is 294 g/mol. The molecule has 1 aromatic rings. The van der Waals surface area contributed by atoms with Gasteiger partial charge in [0.15, 0.2) is 5.82 Å². The summed E-state index contributed by atoms with van der Waals surface area (Å²) in [5, 5.41) is 12.0. The van der Waals surface area contributed by atoms with Crippen LogP contribution in [0.5, 0.6) is 0 Å². The van der Waals surface area contributed by atoms with Crippen LogP contribution < -0.4 is 11.1 Å². The zero-order valence-electron chi connectivity index (χ0n) is 13.0. The second-order valence-electron chi connectivity index (χ2n) is 4.98. The lowest BCUT2D eigenvalue weighted by Crippen LogP contribution is -2.22. The second kappa shape index (κ2) is 8.15. The lowest BCUT2D eigenvalue weighted by Gasteiger charge is -2.18. The Morgan fingerprint density at radius 2 is 1.80 bits per heavy atom. The summed E-state index contributed by atoms with van der Waals surface area (Å²) in [5.74, 6) is 1.37. The van der Waals surface area contributed by atoms with E-state index in [2.05, 4.69) is 43.2 Å². The van der Waals surface area contributed by atoms with Crippen molar-refractivity contribution in [2.24, 2.45) is 11.7 Å². The molecule has 112 valence electrons. The molecule has 0 spiro atoms. The summed E-state index contributed by atoms with van der Waals surface area (Å²) in [6.07, 6.45) is 4.00. The van der Waals surface area contributed by atoms with E-state index >= 15 is 0 Å². The van der Waals surface area contributed by atoms with Crippen LogP contribution in [0, 0.1) is 5.92 Å². The van der Waals surface area contributed by atoms with Gasteiger partial charge >= 0.3 is 0 Å².